The summed E-state index contributed by atoms with van der Waals surface area (Å²) in [6.45, 7) is 6.30. The number of hydrogen-bond donors (Lipinski definition) is 0. The van der Waals surface area contributed by atoms with Gasteiger partial charge < -0.3 is 9.32 Å². The number of carbonyl (C=O) groups is 1. The summed E-state index contributed by atoms with van der Waals surface area (Å²) in [5.41, 5.74) is 5.59. The summed E-state index contributed by atoms with van der Waals surface area (Å²) < 4.78 is 6.12. The number of carbonyl (C=O) groups excluding carboxylic acids is 1. The van der Waals surface area contributed by atoms with Crippen LogP contribution in [0.25, 0.3) is 11.0 Å². The summed E-state index contributed by atoms with van der Waals surface area (Å²) in [5.74, 6) is -0.132. The van der Waals surface area contributed by atoms with E-state index in [9.17, 15) is 9.59 Å². The minimum Gasteiger partial charge on any atom is -0.450 e. The molecule has 0 radical (unpaired) electrons. The van der Waals surface area contributed by atoms with Crippen LogP contribution in [0.15, 0.2) is 70.1 Å². The van der Waals surface area contributed by atoms with Crippen LogP contribution in [0.5, 0.6) is 0 Å². The lowest BCUT2D eigenvalue weighted by Crippen LogP contribution is -2.29. The van der Waals surface area contributed by atoms with E-state index in [1.807, 2.05) is 50.2 Å². The molecule has 0 fully saturated rings. The second-order valence-corrected chi connectivity index (χ2v) is 8.42. The fourth-order valence-electron chi connectivity index (χ4n) is 4.65. The van der Waals surface area contributed by atoms with Gasteiger partial charge in [0.15, 0.2) is 5.43 Å². The fraction of sp³-hybridized carbons (Fsp3) is 0.222. The van der Waals surface area contributed by atoms with E-state index in [2.05, 4.69) is 24.0 Å². The molecule has 0 spiro atoms. The largest absolute Gasteiger partial charge is 0.450 e. The number of hydrogen-bond acceptors (Lipinski definition) is 4. The van der Waals surface area contributed by atoms with Crippen LogP contribution < -0.4 is 5.43 Å². The van der Waals surface area contributed by atoms with Gasteiger partial charge in [-0.1, -0.05) is 43.3 Å². The van der Waals surface area contributed by atoms with Crippen LogP contribution in [0.1, 0.15) is 56.9 Å². The molecular formula is C27H24N2O3. The van der Waals surface area contributed by atoms with E-state index in [-0.39, 0.29) is 17.1 Å². The molecule has 5 rings (SSSR count). The van der Waals surface area contributed by atoms with E-state index in [1.165, 1.54) is 5.56 Å². The van der Waals surface area contributed by atoms with Gasteiger partial charge >= 0.3 is 0 Å². The molecule has 0 saturated heterocycles. The van der Waals surface area contributed by atoms with Crippen molar-refractivity contribution in [1.29, 1.82) is 0 Å². The Morgan fingerprint density at radius 1 is 1.03 bits per heavy atom. The van der Waals surface area contributed by atoms with Crippen molar-refractivity contribution in [3.8, 4) is 0 Å². The predicted octanol–water partition coefficient (Wildman–Crippen LogP) is 5.11. The topological polar surface area (TPSA) is 63.4 Å². The molecule has 0 saturated carbocycles. The quantitative estimate of drug-likeness (QED) is 0.457. The Kier molecular flexibility index (Phi) is 4.89. The van der Waals surface area contributed by atoms with Crippen molar-refractivity contribution in [3.63, 3.8) is 0 Å². The summed E-state index contributed by atoms with van der Waals surface area (Å²) in [7, 11) is 0. The van der Waals surface area contributed by atoms with Crippen LogP contribution >= 0.6 is 0 Å². The maximum absolute atomic E-state index is 13.8. The van der Waals surface area contributed by atoms with Crippen molar-refractivity contribution in [2.75, 3.05) is 0 Å². The van der Waals surface area contributed by atoms with Crippen LogP contribution in [-0.2, 0) is 13.0 Å². The number of aromatic nitrogens is 1. The van der Waals surface area contributed by atoms with Gasteiger partial charge in [0.2, 0.25) is 5.76 Å². The van der Waals surface area contributed by atoms with Gasteiger partial charge in [-0.05, 0) is 60.2 Å². The minimum absolute atomic E-state index is 0.134. The maximum atomic E-state index is 13.8. The highest BCUT2D eigenvalue weighted by Gasteiger charge is 2.42. The van der Waals surface area contributed by atoms with Crippen molar-refractivity contribution < 1.29 is 9.21 Å². The van der Waals surface area contributed by atoms with Gasteiger partial charge in [0.05, 0.1) is 17.0 Å². The molecule has 1 aliphatic rings. The fourth-order valence-corrected chi connectivity index (χ4v) is 4.65. The van der Waals surface area contributed by atoms with Crippen LogP contribution in [0.4, 0.5) is 0 Å². The summed E-state index contributed by atoms with van der Waals surface area (Å²) >= 11 is 0. The van der Waals surface area contributed by atoms with Gasteiger partial charge in [-0.3, -0.25) is 14.6 Å². The molecule has 0 bridgehead atoms. The monoisotopic (exact) mass is 424 g/mol. The molecule has 1 amide bonds. The van der Waals surface area contributed by atoms with Crippen molar-refractivity contribution in [3.05, 3.63) is 110 Å². The molecule has 1 unspecified atom stereocenters. The average Bonchev–Trinajstić information content (AvgIpc) is 3.06. The Bertz CT molecular complexity index is 1390. The summed E-state index contributed by atoms with van der Waals surface area (Å²) in [4.78, 5) is 33.2. The van der Waals surface area contributed by atoms with Crippen LogP contribution in [0.3, 0.4) is 0 Å². The number of benzene rings is 2. The first kappa shape index (κ1) is 20.2. The van der Waals surface area contributed by atoms with E-state index in [1.54, 1.807) is 17.3 Å². The summed E-state index contributed by atoms with van der Waals surface area (Å²) in [5, 5.41) is 0.542. The SMILES string of the molecule is CCc1ccc(C2c3c(oc4cc(C)cc(C)c4c3=O)C(=O)N2Cc2cccnc2)cc1. The summed E-state index contributed by atoms with van der Waals surface area (Å²) in [6.07, 6.45) is 4.37. The van der Waals surface area contributed by atoms with E-state index in [0.29, 0.717) is 23.1 Å². The highest BCUT2D eigenvalue weighted by atomic mass is 16.3. The number of aryl methyl sites for hydroxylation is 3. The number of pyridine rings is 1. The Balaban J connectivity index is 1.74. The van der Waals surface area contributed by atoms with Crippen molar-refractivity contribution in [1.82, 2.24) is 9.88 Å². The van der Waals surface area contributed by atoms with Gasteiger partial charge in [-0.15, -0.1) is 0 Å². The smallest absolute Gasteiger partial charge is 0.291 e. The van der Waals surface area contributed by atoms with E-state index in [4.69, 9.17) is 4.42 Å². The number of amides is 1. The summed E-state index contributed by atoms with van der Waals surface area (Å²) in [6, 6.07) is 15.2. The third-order valence-corrected chi connectivity index (χ3v) is 6.19. The Morgan fingerprint density at radius 2 is 1.81 bits per heavy atom. The van der Waals surface area contributed by atoms with Crippen LogP contribution in [0.2, 0.25) is 0 Å². The highest BCUT2D eigenvalue weighted by molar-refractivity contribution is 5.99. The first-order valence-electron chi connectivity index (χ1n) is 10.8. The molecule has 32 heavy (non-hydrogen) atoms. The zero-order chi connectivity index (χ0) is 22.4. The molecule has 0 aliphatic carbocycles. The molecular weight excluding hydrogens is 400 g/mol. The normalized spacial score (nSPS) is 15.4. The van der Waals surface area contributed by atoms with E-state index >= 15 is 0 Å². The molecule has 5 nitrogen and oxygen atoms in total. The van der Waals surface area contributed by atoms with E-state index in [0.717, 1.165) is 28.7 Å². The Labute approximate surface area is 186 Å². The maximum Gasteiger partial charge on any atom is 0.291 e. The molecule has 0 N–H and O–H groups in total. The molecule has 3 heterocycles. The average molecular weight is 425 g/mol. The number of fused-ring (bicyclic) bond motifs is 2. The molecule has 4 aromatic rings. The molecule has 2 aromatic carbocycles. The highest BCUT2D eigenvalue weighted by Crippen LogP contribution is 2.39. The van der Waals surface area contributed by atoms with Crippen molar-refractivity contribution in [2.45, 2.75) is 39.8 Å². The lowest BCUT2D eigenvalue weighted by molar-refractivity contribution is 0.0714. The Hall–Kier alpha value is -3.73. The zero-order valence-electron chi connectivity index (χ0n) is 18.4. The van der Waals surface area contributed by atoms with Crippen molar-refractivity contribution in [2.24, 2.45) is 0 Å². The van der Waals surface area contributed by atoms with Gasteiger partial charge in [0.1, 0.15) is 5.58 Å². The molecule has 1 aliphatic heterocycles. The molecule has 2 aromatic heterocycles. The molecule has 160 valence electrons. The second-order valence-electron chi connectivity index (χ2n) is 8.42. The minimum atomic E-state index is -0.509. The molecule has 5 heteroatoms. The van der Waals surface area contributed by atoms with Crippen molar-refractivity contribution >= 4 is 16.9 Å². The lowest BCUT2D eigenvalue weighted by atomic mass is 9.96. The van der Waals surface area contributed by atoms with Gasteiger partial charge in [0.25, 0.3) is 5.91 Å². The standard InChI is InChI=1S/C27H24N2O3/c1-4-18-7-9-20(10-8-18)24-23-25(30)22-17(3)12-16(2)13-21(22)32-26(23)27(31)29(24)15-19-6-5-11-28-14-19/h5-14,24H,4,15H2,1-3H3. The Morgan fingerprint density at radius 3 is 2.50 bits per heavy atom. The lowest BCUT2D eigenvalue weighted by Gasteiger charge is -2.25. The first-order chi connectivity index (χ1) is 15.5. The third kappa shape index (κ3) is 3.21. The van der Waals surface area contributed by atoms with Crippen LogP contribution in [0, 0.1) is 13.8 Å². The van der Waals surface area contributed by atoms with Crippen LogP contribution in [-0.4, -0.2) is 15.8 Å². The zero-order valence-corrected chi connectivity index (χ0v) is 18.4. The number of nitrogens with zero attached hydrogens (tertiary/aromatic N) is 2. The first-order valence-corrected chi connectivity index (χ1v) is 10.8. The van der Waals surface area contributed by atoms with Gasteiger partial charge in [0, 0.05) is 18.9 Å². The van der Waals surface area contributed by atoms with E-state index < -0.39 is 6.04 Å². The third-order valence-electron chi connectivity index (χ3n) is 6.19. The second kappa shape index (κ2) is 7.75. The van der Waals surface area contributed by atoms with Gasteiger partial charge in [-0.25, -0.2) is 0 Å². The predicted molar refractivity (Wildman–Crippen MR) is 124 cm³/mol. The molecule has 1 atom stereocenters. The number of rotatable bonds is 4. The van der Waals surface area contributed by atoms with Gasteiger partial charge in [-0.2, -0.15) is 0 Å².